The van der Waals surface area contributed by atoms with Crippen molar-refractivity contribution < 1.29 is 9.53 Å². The van der Waals surface area contributed by atoms with Crippen molar-refractivity contribution in [3.63, 3.8) is 0 Å². The smallest absolute Gasteiger partial charge is 0.348 e. The largest absolute Gasteiger partial charge is 0.465 e. The molecule has 0 spiro atoms. The Labute approximate surface area is 162 Å². The number of rotatable bonds is 5. The zero-order valence-electron chi connectivity index (χ0n) is 13.9. The topological polar surface area (TPSA) is 89.9 Å². The number of aromatic nitrogens is 4. The van der Waals surface area contributed by atoms with Gasteiger partial charge < -0.3 is 9.72 Å². The van der Waals surface area contributed by atoms with Gasteiger partial charge in [-0.3, -0.25) is 9.48 Å². The minimum atomic E-state index is -0.500. The van der Waals surface area contributed by atoms with Gasteiger partial charge in [-0.25, -0.2) is 9.78 Å². The van der Waals surface area contributed by atoms with E-state index in [1.807, 2.05) is 0 Å². The number of carbonyl (C=O) groups excluding carboxylic acids is 1. The number of fused-ring (bicyclic) bond motifs is 1. The lowest BCUT2D eigenvalue weighted by Gasteiger charge is -1.99. The van der Waals surface area contributed by atoms with Crippen LogP contribution in [0.4, 0.5) is 0 Å². The van der Waals surface area contributed by atoms with Crippen LogP contribution in [0.1, 0.15) is 26.6 Å². The van der Waals surface area contributed by atoms with Crippen LogP contribution in [-0.4, -0.2) is 38.7 Å². The van der Waals surface area contributed by atoms with Gasteiger partial charge in [-0.2, -0.15) is 5.10 Å². The Kier molecular flexibility index (Phi) is 5.45. The lowest BCUT2D eigenvalue weighted by atomic mass is 10.2. The van der Waals surface area contributed by atoms with Crippen molar-refractivity contribution in [2.24, 2.45) is 0 Å². The number of H-pyrrole nitrogens is 1. The number of carbonyl (C=O) groups is 1. The molecule has 26 heavy (non-hydrogen) atoms. The Morgan fingerprint density at radius 2 is 2.27 bits per heavy atom. The predicted octanol–water partition coefficient (Wildman–Crippen LogP) is 3.25. The van der Waals surface area contributed by atoms with E-state index >= 15 is 0 Å². The maximum atomic E-state index is 12.4. The van der Waals surface area contributed by atoms with Crippen LogP contribution in [0.5, 0.6) is 0 Å². The van der Waals surface area contributed by atoms with Crippen LogP contribution >= 0.6 is 34.5 Å². The zero-order chi connectivity index (χ0) is 18.8. The summed E-state index contributed by atoms with van der Waals surface area (Å²) >= 11 is 13.1. The molecule has 0 aliphatic rings. The van der Waals surface area contributed by atoms with Crippen molar-refractivity contribution in [3.05, 3.63) is 44.6 Å². The molecule has 3 rings (SSSR count). The molecular formula is C16H14Cl2N4O3S. The summed E-state index contributed by atoms with van der Waals surface area (Å²) in [6, 6.07) is 0. The molecule has 0 amide bonds. The Hall–Kier alpha value is -2.16. The van der Waals surface area contributed by atoms with Gasteiger partial charge in [0.15, 0.2) is 5.82 Å². The van der Waals surface area contributed by atoms with Gasteiger partial charge in [0, 0.05) is 17.6 Å². The fourth-order valence-corrected chi connectivity index (χ4v) is 3.91. The highest BCUT2D eigenvalue weighted by atomic mass is 35.5. The van der Waals surface area contributed by atoms with Crippen molar-refractivity contribution in [2.75, 3.05) is 13.0 Å². The number of methoxy groups -OCH3 is 1. The Morgan fingerprint density at radius 3 is 2.96 bits per heavy atom. The number of thiophene rings is 1. The van der Waals surface area contributed by atoms with E-state index in [0.29, 0.717) is 33.1 Å². The number of nitrogens with zero attached hydrogens (tertiary/aromatic N) is 3. The van der Waals surface area contributed by atoms with Gasteiger partial charge in [0.05, 0.1) is 30.3 Å². The number of halogens is 2. The Morgan fingerprint density at radius 1 is 1.50 bits per heavy atom. The second-order valence-electron chi connectivity index (χ2n) is 5.36. The number of alkyl halides is 1. The molecular weight excluding hydrogens is 399 g/mol. The lowest BCUT2D eigenvalue weighted by molar-refractivity contribution is 0.0605. The summed E-state index contributed by atoms with van der Waals surface area (Å²) in [6.45, 7) is 2.27. The molecule has 136 valence electrons. The number of esters is 1. The molecule has 0 saturated carbocycles. The average Bonchev–Trinajstić information content (AvgIpc) is 3.19. The van der Waals surface area contributed by atoms with Gasteiger partial charge in [0.2, 0.25) is 0 Å². The van der Waals surface area contributed by atoms with E-state index < -0.39 is 5.97 Å². The minimum absolute atomic E-state index is 0.215. The molecule has 3 heterocycles. The van der Waals surface area contributed by atoms with Crippen molar-refractivity contribution in [2.45, 2.75) is 13.5 Å². The maximum absolute atomic E-state index is 12.4. The van der Waals surface area contributed by atoms with Crippen molar-refractivity contribution in [3.8, 4) is 0 Å². The highest BCUT2D eigenvalue weighted by molar-refractivity contribution is 7.20. The van der Waals surface area contributed by atoms with E-state index in [0.717, 1.165) is 16.9 Å². The van der Waals surface area contributed by atoms with E-state index in [2.05, 4.69) is 15.1 Å². The normalized spacial score (nSPS) is 11.9. The fraction of sp³-hybridized carbons (Fsp3) is 0.250. The molecule has 0 aliphatic carbocycles. The van der Waals surface area contributed by atoms with Gasteiger partial charge in [0.1, 0.15) is 9.71 Å². The molecule has 1 N–H and O–H groups in total. The molecule has 0 unspecified atom stereocenters. The molecule has 7 nitrogen and oxygen atoms in total. The highest BCUT2D eigenvalue weighted by Crippen LogP contribution is 2.29. The summed E-state index contributed by atoms with van der Waals surface area (Å²) in [7, 11) is 1.29. The third-order valence-electron chi connectivity index (χ3n) is 3.66. The monoisotopic (exact) mass is 412 g/mol. The van der Waals surface area contributed by atoms with Crippen molar-refractivity contribution in [1.82, 2.24) is 19.7 Å². The van der Waals surface area contributed by atoms with Gasteiger partial charge in [0.25, 0.3) is 5.56 Å². The number of aryl methyl sites for hydroxylation is 2. The minimum Gasteiger partial charge on any atom is -0.465 e. The summed E-state index contributed by atoms with van der Waals surface area (Å²) < 4.78 is 6.43. The summed E-state index contributed by atoms with van der Waals surface area (Å²) in [5.74, 6) is 0.163. The standard InChI is InChI=1S/C16H14Cl2N4O3S/c1-8-11-14(23)20-13(21-15(11)26-12(8)16(24)25-2)10(18)5-9-6-19-22(7-9)4-3-17/h5-7H,3-4H2,1-2H3,(H,20,21,23). The lowest BCUT2D eigenvalue weighted by Crippen LogP contribution is -2.10. The summed E-state index contributed by atoms with van der Waals surface area (Å²) in [5, 5.41) is 4.76. The van der Waals surface area contributed by atoms with Crippen LogP contribution in [0.2, 0.25) is 0 Å². The van der Waals surface area contributed by atoms with Crippen LogP contribution in [0.15, 0.2) is 17.2 Å². The summed E-state index contributed by atoms with van der Waals surface area (Å²) in [5.41, 5.74) is 0.929. The van der Waals surface area contributed by atoms with E-state index in [1.165, 1.54) is 7.11 Å². The molecule has 0 bridgehead atoms. The van der Waals surface area contributed by atoms with E-state index in [-0.39, 0.29) is 16.4 Å². The molecule has 0 atom stereocenters. The Bertz CT molecular complexity index is 1070. The van der Waals surface area contributed by atoms with Crippen molar-refractivity contribution >= 4 is 61.8 Å². The van der Waals surface area contributed by atoms with Crippen LogP contribution in [-0.2, 0) is 11.3 Å². The zero-order valence-corrected chi connectivity index (χ0v) is 16.2. The number of ether oxygens (including phenoxy) is 1. The third kappa shape index (κ3) is 3.53. The van der Waals surface area contributed by atoms with Crippen LogP contribution in [0, 0.1) is 6.92 Å². The molecule has 0 radical (unpaired) electrons. The summed E-state index contributed by atoms with van der Waals surface area (Å²) in [6.07, 6.45) is 5.06. The molecule has 0 fully saturated rings. The molecule has 10 heteroatoms. The van der Waals surface area contributed by atoms with E-state index in [9.17, 15) is 9.59 Å². The molecule has 3 aromatic rings. The first-order valence-electron chi connectivity index (χ1n) is 7.52. The van der Waals surface area contributed by atoms with Crippen molar-refractivity contribution in [1.29, 1.82) is 0 Å². The average molecular weight is 413 g/mol. The third-order valence-corrected chi connectivity index (χ3v) is 5.28. The number of hydrogen-bond donors (Lipinski definition) is 1. The second kappa shape index (κ2) is 7.61. The predicted molar refractivity (Wildman–Crippen MR) is 103 cm³/mol. The molecule has 0 aromatic carbocycles. The SMILES string of the molecule is COC(=O)c1sc2nc(C(Cl)=Cc3cnn(CCCl)c3)[nH]c(=O)c2c1C. The van der Waals surface area contributed by atoms with Gasteiger partial charge >= 0.3 is 5.97 Å². The number of aromatic amines is 1. The second-order valence-corrected chi connectivity index (χ2v) is 7.14. The van der Waals surface area contributed by atoms with Gasteiger partial charge in [-0.1, -0.05) is 11.6 Å². The first-order valence-corrected chi connectivity index (χ1v) is 9.25. The quantitative estimate of drug-likeness (QED) is 0.512. The van der Waals surface area contributed by atoms with E-state index in [1.54, 1.807) is 30.1 Å². The molecule has 3 aromatic heterocycles. The number of nitrogens with one attached hydrogen (secondary N) is 1. The van der Waals surface area contributed by atoms with Gasteiger partial charge in [-0.15, -0.1) is 22.9 Å². The fourth-order valence-electron chi connectivity index (χ4n) is 2.42. The van der Waals surface area contributed by atoms with E-state index in [4.69, 9.17) is 27.9 Å². The molecule has 0 saturated heterocycles. The summed E-state index contributed by atoms with van der Waals surface area (Å²) in [4.78, 5) is 32.1. The first-order chi connectivity index (χ1) is 12.4. The van der Waals surface area contributed by atoms with Crippen LogP contribution < -0.4 is 5.56 Å². The Balaban J connectivity index is 2.03. The maximum Gasteiger partial charge on any atom is 0.348 e. The molecule has 0 aliphatic heterocycles. The van der Waals surface area contributed by atoms with Gasteiger partial charge in [-0.05, 0) is 18.6 Å². The van der Waals surface area contributed by atoms with Crippen LogP contribution in [0.3, 0.4) is 0 Å². The highest BCUT2D eigenvalue weighted by Gasteiger charge is 2.20. The van der Waals surface area contributed by atoms with Crippen LogP contribution in [0.25, 0.3) is 21.3 Å². The number of hydrogen-bond acceptors (Lipinski definition) is 6. The first kappa shape index (κ1) is 18.6.